The van der Waals surface area contributed by atoms with Crippen molar-refractivity contribution in [2.24, 2.45) is 5.92 Å². The van der Waals surface area contributed by atoms with E-state index >= 15 is 0 Å². The zero-order valence-corrected chi connectivity index (χ0v) is 13.6. The summed E-state index contributed by atoms with van der Waals surface area (Å²) in [4.78, 5) is 19.1. The number of nitrogens with one attached hydrogen (secondary N) is 1. The van der Waals surface area contributed by atoms with E-state index in [1.807, 2.05) is 31.1 Å². The van der Waals surface area contributed by atoms with Gasteiger partial charge in [-0.05, 0) is 37.3 Å². The summed E-state index contributed by atoms with van der Waals surface area (Å²) < 4.78 is 0. The normalized spacial score (nSPS) is 21.9. The first-order chi connectivity index (χ1) is 10.0. The van der Waals surface area contributed by atoms with Crippen LogP contribution in [0.1, 0.15) is 55.6 Å². The number of carbonyl (C=O) groups is 1. The second-order valence-corrected chi connectivity index (χ2v) is 6.18. The molecule has 1 N–H and O–H groups in total. The second kappa shape index (κ2) is 6.92. The third kappa shape index (κ3) is 3.74. The van der Waals surface area contributed by atoms with Crippen molar-refractivity contribution >= 4 is 11.7 Å². The van der Waals surface area contributed by atoms with Crippen LogP contribution >= 0.6 is 0 Å². The fourth-order valence-corrected chi connectivity index (χ4v) is 3.14. The lowest BCUT2D eigenvalue weighted by Crippen LogP contribution is -2.39. The smallest absolute Gasteiger partial charge is 0.254 e. The molecule has 1 heterocycles. The number of aryl methyl sites for hydroxylation is 1. The van der Waals surface area contributed by atoms with Gasteiger partial charge >= 0.3 is 0 Å². The van der Waals surface area contributed by atoms with Gasteiger partial charge in [-0.3, -0.25) is 4.79 Å². The first-order valence-corrected chi connectivity index (χ1v) is 8.01. The minimum atomic E-state index is 0.114. The highest BCUT2D eigenvalue weighted by Gasteiger charge is 2.26. The predicted octanol–water partition coefficient (Wildman–Crippen LogP) is 3.34. The molecule has 1 aromatic heterocycles. The van der Waals surface area contributed by atoms with E-state index in [1.165, 1.54) is 12.8 Å². The van der Waals surface area contributed by atoms with Gasteiger partial charge in [0.15, 0.2) is 0 Å². The molecule has 21 heavy (non-hydrogen) atoms. The molecule has 4 nitrogen and oxygen atoms in total. The quantitative estimate of drug-likeness (QED) is 0.924. The minimum absolute atomic E-state index is 0.114. The lowest BCUT2D eigenvalue weighted by molar-refractivity contribution is 0.0672. The molecule has 0 spiro atoms. The summed E-state index contributed by atoms with van der Waals surface area (Å²) in [5.41, 5.74) is 1.70. The third-order valence-electron chi connectivity index (χ3n) is 4.52. The lowest BCUT2D eigenvalue weighted by atomic mass is 9.86. The number of carbonyl (C=O) groups excluding carboxylic acids is 1. The topological polar surface area (TPSA) is 45.2 Å². The van der Waals surface area contributed by atoms with E-state index in [0.29, 0.717) is 6.04 Å². The van der Waals surface area contributed by atoms with Crippen LogP contribution in [0.5, 0.6) is 0 Å². The first-order valence-electron chi connectivity index (χ1n) is 8.01. The van der Waals surface area contributed by atoms with Crippen LogP contribution in [0.2, 0.25) is 0 Å². The summed E-state index contributed by atoms with van der Waals surface area (Å²) in [5.74, 6) is 1.60. The van der Waals surface area contributed by atoms with Crippen molar-refractivity contribution in [3.05, 3.63) is 23.4 Å². The zero-order chi connectivity index (χ0) is 15.4. The van der Waals surface area contributed by atoms with Gasteiger partial charge < -0.3 is 10.2 Å². The first kappa shape index (κ1) is 15.8. The van der Waals surface area contributed by atoms with Crippen LogP contribution in [0, 0.1) is 5.92 Å². The Hall–Kier alpha value is -1.58. The maximum absolute atomic E-state index is 12.8. The molecule has 116 valence electrons. The van der Waals surface area contributed by atoms with Crippen LogP contribution < -0.4 is 5.32 Å². The van der Waals surface area contributed by atoms with Crippen molar-refractivity contribution < 1.29 is 4.79 Å². The van der Waals surface area contributed by atoms with E-state index in [-0.39, 0.29) is 5.91 Å². The molecular weight excluding hydrogens is 262 g/mol. The third-order valence-corrected chi connectivity index (χ3v) is 4.52. The molecule has 0 radical (unpaired) electrons. The maximum Gasteiger partial charge on any atom is 0.254 e. The molecule has 1 amide bonds. The summed E-state index contributed by atoms with van der Waals surface area (Å²) in [6.45, 7) is 4.34. The number of aromatic nitrogens is 1. The van der Waals surface area contributed by atoms with Crippen molar-refractivity contribution in [1.29, 1.82) is 0 Å². The Kier molecular flexibility index (Phi) is 5.21. The monoisotopic (exact) mass is 289 g/mol. The van der Waals surface area contributed by atoms with Crippen molar-refractivity contribution in [2.45, 2.75) is 52.0 Å². The molecule has 1 aliphatic carbocycles. The van der Waals surface area contributed by atoms with Crippen LogP contribution in [0.15, 0.2) is 12.1 Å². The number of hydrogen-bond donors (Lipinski definition) is 1. The largest absolute Gasteiger partial charge is 0.373 e. The predicted molar refractivity (Wildman–Crippen MR) is 86.7 cm³/mol. The number of nitrogens with zero attached hydrogens (tertiary/aromatic N) is 2. The maximum atomic E-state index is 12.8. The van der Waals surface area contributed by atoms with E-state index in [4.69, 9.17) is 0 Å². The van der Waals surface area contributed by atoms with Crippen molar-refractivity contribution in [2.75, 3.05) is 19.4 Å². The zero-order valence-electron chi connectivity index (χ0n) is 13.6. The standard InChI is InChI=1S/C17H27N3O/c1-5-14-10-13(11-16(18-3)19-14)17(21)20(4)15-8-6-7-12(2)9-15/h10-12,15H,5-9H2,1-4H3,(H,18,19). The highest BCUT2D eigenvalue weighted by molar-refractivity contribution is 5.95. The van der Waals surface area contributed by atoms with Gasteiger partial charge in [-0.25, -0.2) is 4.98 Å². The van der Waals surface area contributed by atoms with Gasteiger partial charge in [-0.2, -0.15) is 0 Å². The van der Waals surface area contributed by atoms with Gasteiger partial charge in [0, 0.05) is 31.4 Å². The Balaban J connectivity index is 2.18. The van der Waals surface area contributed by atoms with Crippen LogP contribution in [0.3, 0.4) is 0 Å². The summed E-state index contributed by atoms with van der Waals surface area (Å²) in [5, 5.41) is 3.04. The summed E-state index contributed by atoms with van der Waals surface area (Å²) in [6.07, 6.45) is 5.59. The molecule has 2 unspecified atom stereocenters. The molecule has 2 atom stereocenters. The van der Waals surface area contributed by atoms with Crippen molar-refractivity contribution in [3.63, 3.8) is 0 Å². The molecule has 2 rings (SSSR count). The van der Waals surface area contributed by atoms with E-state index in [1.54, 1.807) is 0 Å². The molecule has 0 saturated heterocycles. The molecule has 1 aromatic rings. The Labute approximate surface area is 127 Å². The molecule has 4 heteroatoms. The molecule has 1 fully saturated rings. The Morgan fingerprint density at radius 1 is 1.43 bits per heavy atom. The summed E-state index contributed by atoms with van der Waals surface area (Å²) >= 11 is 0. The molecule has 1 aliphatic rings. The van der Waals surface area contributed by atoms with Crippen LogP contribution in [0.4, 0.5) is 5.82 Å². The van der Waals surface area contributed by atoms with Gasteiger partial charge in [0.1, 0.15) is 5.82 Å². The van der Waals surface area contributed by atoms with Gasteiger partial charge in [0.25, 0.3) is 5.91 Å². The molecule has 0 aliphatic heterocycles. The average Bonchev–Trinajstić information content (AvgIpc) is 2.52. The van der Waals surface area contributed by atoms with Gasteiger partial charge in [0.05, 0.1) is 0 Å². The number of hydrogen-bond acceptors (Lipinski definition) is 3. The SMILES string of the molecule is CCc1cc(C(=O)N(C)C2CCCC(C)C2)cc(NC)n1. The van der Waals surface area contributed by atoms with Crippen LogP contribution in [-0.4, -0.2) is 35.9 Å². The minimum Gasteiger partial charge on any atom is -0.373 e. The molecule has 0 aromatic carbocycles. The van der Waals surface area contributed by atoms with Gasteiger partial charge in [-0.15, -0.1) is 0 Å². The number of rotatable bonds is 4. The van der Waals surface area contributed by atoms with Gasteiger partial charge in [-0.1, -0.05) is 26.7 Å². The highest BCUT2D eigenvalue weighted by atomic mass is 16.2. The van der Waals surface area contributed by atoms with Crippen LogP contribution in [0.25, 0.3) is 0 Å². The van der Waals surface area contributed by atoms with E-state index < -0.39 is 0 Å². The highest BCUT2D eigenvalue weighted by Crippen LogP contribution is 2.27. The Morgan fingerprint density at radius 2 is 2.19 bits per heavy atom. The molecular formula is C17H27N3O. The fraction of sp³-hybridized carbons (Fsp3) is 0.647. The Morgan fingerprint density at radius 3 is 2.81 bits per heavy atom. The lowest BCUT2D eigenvalue weighted by Gasteiger charge is -2.34. The molecule has 1 saturated carbocycles. The average molecular weight is 289 g/mol. The van der Waals surface area contributed by atoms with E-state index in [9.17, 15) is 4.79 Å². The fourth-order valence-electron chi connectivity index (χ4n) is 3.14. The second-order valence-electron chi connectivity index (χ2n) is 6.18. The summed E-state index contributed by atoms with van der Waals surface area (Å²) in [7, 11) is 3.78. The number of pyridine rings is 1. The van der Waals surface area contributed by atoms with Crippen molar-refractivity contribution in [3.8, 4) is 0 Å². The van der Waals surface area contributed by atoms with Crippen molar-refractivity contribution in [1.82, 2.24) is 9.88 Å². The summed E-state index contributed by atoms with van der Waals surface area (Å²) in [6, 6.07) is 4.15. The van der Waals surface area contributed by atoms with Gasteiger partial charge in [0.2, 0.25) is 0 Å². The number of amides is 1. The Bertz CT molecular complexity index is 479. The van der Waals surface area contributed by atoms with E-state index in [0.717, 1.165) is 42.3 Å². The van der Waals surface area contributed by atoms with E-state index in [2.05, 4.69) is 24.1 Å². The number of anilines is 1. The van der Waals surface area contributed by atoms with Crippen LogP contribution in [-0.2, 0) is 6.42 Å². The molecule has 0 bridgehead atoms.